The molecule has 4 aromatic carbocycles. The van der Waals surface area contributed by atoms with Crippen molar-refractivity contribution in [3.63, 3.8) is 0 Å². The summed E-state index contributed by atoms with van der Waals surface area (Å²) in [6.45, 7) is 11.6. The van der Waals surface area contributed by atoms with Crippen molar-refractivity contribution in [1.82, 2.24) is 0 Å². The molecule has 2 aliphatic rings. The molecule has 0 aliphatic heterocycles. The normalized spacial score (nSPS) is 16.2. The van der Waals surface area contributed by atoms with Gasteiger partial charge in [-0.25, -0.2) is 0 Å². The maximum absolute atomic E-state index is 3.60. The lowest BCUT2D eigenvalue weighted by molar-refractivity contribution is 0.652. The first-order valence-corrected chi connectivity index (χ1v) is 11.5. The van der Waals surface area contributed by atoms with E-state index in [1.54, 1.807) is 0 Å². The zero-order chi connectivity index (χ0) is 22.3. The highest BCUT2D eigenvalue weighted by atomic mass is 14.9. The average molecular weight is 416 g/mol. The molecule has 4 aromatic rings. The van der Waals surface area contributed by atoms with Gasteiger partial charge in [0.05, 0.1) is 0 Å². The van der Waals surface area contributed by atoms with E-state index >= 15 is 0 Å². The zero-order valence-electron chi connectivity index (χ0n) is 19.5. The van der Waals surface area contributed by atoms with Crippen molar-refractivity contribution in [1.29, 1.82) is 0 Å². The molecule has 32 heavy (non-hydrogen) atoms. The van der Waals surface area contributed by atoms with Crippen LogP contribution in [0.2, 0.25) is 0 Å². The molecule has 0 aromatic heterocycles. The summed E-state index contributed by atoms with van der Waals surface area (Å²) in [4.78, 5) is 0. The molecule has 0 heterocycles. The topological polar surface area (TPSA) is 12.0 Å². The van der Waals surface area contributed by atoms with Gasteiger partial charge in [-0.1, -0.05) is 75.7 Å². The first-order valence-electron chi connectivity index (χ1n) is 11.5. The van der Waals surface area contributed by atoms with Crippen LogP contribution >= 0.6 is 0 Å². The molecule has 2 aliphatic carbocycles. The molecule has 0 unspecified atom stereocenters. The van der Waals surface area contributed by atoms with Crippen LogP contribution in [0.15, 0.2) is 78.9 Å². The van der Waals surface area contributed by atoms with Gasteiger partial charge in [0.15, 0.2) is 0 Å². The summed E-state index contributed by atoms with van der Waals surface area (Å²) in [7, 11) is 0. The van der Waals surface area contributed by atoms with E-state index in [2.05, 4.69) is 119 Å². The standard InChI is InChI=1S/C31H29N/c1-19-10-12-20(13-11-19)32-21-14-15-23-25-18-28-24(17-29(25)31(4,5)27(23)16-21)22-8-6-7-9-26(22)30(28,2)3/h6-18,32H,1-5H3. The summed E-state index contributed by atoms with van der Waals surface area (Å²) >= 11 is 0. The molecular formula is C31H29N. The highest BCUT2D eigenvalue weighted by Gasteiger charge is 2.41. The first kappa shape index (κ1) is 19.4. The molecule has 0 radical (unpaired) electrons. The van der Waals surface area contributed by atoms with Crippen LogP contribution in [0.5, 0.6) is 0 Å². The van der Waals surface area contributed by atoms with E-state index in [0.29, 0.717) is 0 Å². The minimum Gasteiger partial charge on any atom is -0.356 e. The summed E-state index contributed by atoms with van der Waals surface area (Å²) in [5.74, 6) is 0. The van der Waals surface area contributed by atoms with Crippen LogP contribution in [-0.4, -0.2) is 0 Å². The largest absolute Gasteiger partial charge is 0.356 e. The quantitative estimate of drug-likeness (QED) is 0.347. The predicted octanol–water partition coefficient (Wildman–Crippen LogP) is 8.35. The number of anilines is 2. The lowest BCUT2D eigenvalue weighted by Crippen LogP contribution is -2.17. The lowest BCUT2D eigenvalue weighted by Gasteiger charge is -2.24. The molecule has 158 valence electrons. The number of hydrogen-bond acceptors (Lipinski definition) is 1. The van der Waals surface area contributed by atoms with Gasteiger partial charge in [-0.2, -0.15) is 0 Å². The Hall–Kier alpha value is -3.32. The highest BCUT2D eigenvalue weighted by molar-refractivity contribution is 5.90. The maximum Gasteiger partial charge on any atom is 0.0387 e. The van der Waals surface area contributed by atoms with E-state index in [1.807, 2.05) is 0 Å². The van der Waals surface area contributed by atoms with Crippen molar-refractivity contribution in [2.45, 2.75) is 45.4 Å². The SMILES string of the molecule is Cc1ccc(Nc2ccc3c(c2)C(C)(C)c2cc4c(cc2-3)C(C)(C)c2ccccc2-4)cc1. The summed E-state index contributed by atoms with van der Waals surface area (Å²) in [6, 6.07) is 29.3. The fourth-order valence-electron chi connectivity index (χ4n) is 5.81. The van der Waals surface area contributed by atoms with Crippen LogP contribution in [0.4, 0.5) is 11.4 Å². The van der Waals surface area contributed by atoms with Crippen LogP contribution in [0, 0.1) is 6.92 Å². The van der Waals surface area contributed by atoms with Gasteiger partial charge in [-0.3, -0.25) is 0 Å². The van der Waals surface area contributed by atoms with Gasteiger partial charge in [-0.15, -0.1) is 0 Å². The number of nitrogens with one attached hydrogen (secondary N) is 1. The molecule has 0 spiro atoms. The molecule has 6 rings (SSSR count). The van der Waals surface area contributed by atoms with Gasteiger partial charge in [0.2, 0.25) is 0 Å². The fourth-order valence-corrected chi connectivity index (χ4v) is 5.81. The van der Waals surface area contributed by atoms with E-state index in [9.17, 15) is 0 Å². The van der Waals surface area contributed by atoms with Gasteiger partial charge < -0.3 is 5.32 Å². The molecular weight excluding hydrogens is 386 g/mol. The second kappa shape index (κ2) is 6.36. The minimum absolute atomic E-state index is 0.0286. The van der Waals surface area contributed by atoms with Crippen molar-refractivity contribution in [2.24, 2.45) is 0 Å². The minimum atomic E-state index is -0.0354. The molecule has 0 saturated carbocycles. The smallest absolute Gasteiger partial charge is 0.0387 e. The number of benzene rings is 4. The second-order valence-corrected chi connectivity index (χ2v) is 10.5. The summed E-state index contributed by atoms with van der Waals surface area (Å²) in [5, 5.41) is 3.60. The summed E-state index contributed by atoms with van der Waals surface area (Å²) in [6.07, 6.45) is 0. The number of hydrogen-bond donors (Lipinski definition) is 1. The maximum atomic E-state index is 3.60. The Morgan fingerprint density at radius 3 is 1.72 bits per heavy atom. The Bertz CT molecular complexity index is 1390. The van der Waals surface area contributed by atoms with Crippen LogP contribution in [0.3, 0.4) is 0 Å². The molecule has 0 bridgehead atoms. The number of rotatable bonds is 2. The fraction of sp³-hybridized carbons (Fsp3) is 0.226. The van der Waals surface area contributed by atoms with Gasteiger partial charge in [0, 0.05) is 22.2 Å². The van der Waals surface area contributed by atoms with E-state index in [1.165, 1.54) is 50.1 Å². The van der Waals surface area contributed by atoms with Gasteiger partial charge in [-0.05, 0) is 87.8 Å². The van der Waals surface area contributed by atoms with Gasteiger partial charge >= 0.3 is 0 Å². The van der Waals surface area contributed by atoms with Gasteiger partial charge in [0.1, 0.15) is 0 Å². The van der Waals surface area contributed by atoms with Crippen LogP contribution in [-0.2, 0) is 10.8 Å². The Labute approximate surface area is 191 Å². The molecule has 1 heteroatoms. The van der Waals surface area contributed by atoms with Crippen LogP contribution in [0.1, 0.15) is 55.5 Å². The van der Waals surface area contributed by atoms with E-state index in [4.69, 9.17) is 0 Å². The molecule has 1 N–H and O–H groups in total. The Balaban J connectivity index is 1.48. The Kier molecular flexibility index (Phi) is 3.85. The van der Waals surface area contributed by atoms with Crippen molar-refractivity contribution in [3.05, 3.63) is 107 Å². The molecule has 0 atom stereocenters. The number of aryl methyl sites for hydroxylation is 1. The van der Waals surface area contributed by atoms with Crippen molar-refractivity contribution in [2.75, 3.05) is 5.32 Å². The van der Waals surface area contributed by atoms with Crippen LogP contribution < -0.4 is 5.32 Å². The summed E-state index contributed by atoms with van der Waals surface area (Å²) < 4.78 is 0. The first-order chi connectivity index (χ1) is 15.3. The third-order valence-electron chi connectivity index (χ3n) is 7.72. The Morgan fingerprint density at radius 1 is 0.500 bits per heavy atom. The summed E-state index contributed by atoms with van der Waals surface area (Å²) in [5.41, 5.74) is 14.8. The lowest BCUT2D eigenvalue weighted by atomic mass is 9.79. The average Bonchev–Trinajstić information content (AvgIpc) is 3.14. The molecule has 1 nitrogen and oxygen atoms in total. The van der Waals surface area contributed by atoms with E-state index < -0.39 is 0 Å². The predicted molar refractivity (Wildman–Crippen MR) is 136 cm³/mol. The van der Waals surface area contributed by atoms with Gasteiger partial charge in [0.25, 0.3) is 0 Å². The molecule has 0 fully saturated rings. The third kappa shape index (κ3) is 2.57. The third-order valence-corrected chi connectivity index (χ3v) is 7.72. The monoisotopic (exact) mass is 415 g/mol. The van der Waals surface area contributed by atoms with E-state index in [0.717, 1.165) is 11.4 Å². The number of fused-ring (bicyclic) bond motifs is 6. The van der Waals surface area contributed by atoms with Crippen molar-refractivity contribution in [3.8, 4) is 22.3 Å². The Morgan fingerprint density at radius 2 is 1.03 bits per heavy atom. The van der Waals surface area contributed by atoms with Crippen molar-refractivity contribution >= 4 is 11.4 Å². The van der Waals surface area contributed by atoms with E-state index in [-0.39, 0.29) is 10.8 Å². The molecule has 0 saturated heterocycles. The van der Waals surface area contributed by atoms with Crippen molar-refractivity contribution < 1.29 is 0 Å². The zero-order valence-corrected chi connectivity index (χ0v) is 19.5. The molecule has 0 amide bonds. The van der Waals surface area contributed by atoms with Crippen LogP contribution in [0.25, 0.3) is 22.3 Å². The second-order valence-electron chi connectivity index (χ2n) is 10.5. The highest BCUT2D eigenvalue weighted by Crippen LogP contribution is 2.56.